The Morgan fingerprint density at radius 1 is 1.32 bits per heavy atom. The zero-order valence-corrected chi connectivity index (χ0v) is 13.0. The summed E-state index contributed by atoms with van der Waals surface area (Å²) in [6.45, 7) is 0.707. The summed E-state index contributed by atoms with van der Waals surface area (Å²) in [7, 11) is -3.33. The number of hydrogen-bond donors (Lipinski definition) is 1. The van der Waals surface area contributed by atoms with E-state index in [0.717, 1.165) is 19.3 Å². The maximum absolute atomic E-state index is 12.1. The van der Waals surface area contributed by atoms with E-state index in [-0.39, 0.29) is 18.2 Å². The number of nitrogens with zero attached hydrogens (tertiary/aromatic N) is 4. The largest absolute Gasteiger partial charge is 0.231 e. The van der Waals surface area contributed by atoms with Crippen LogP contribution in [-0.2, 0) is 23.0 Å². The van der Waals surface area contributed by atoms with Gasteiger partial charge in [0.1, 0.15) is 6.33 Å². The zero-order chi connectivity index (χ0) is 15.4. The average molecular weight is 321 g/mol. The van der Waals surface area contributed by atoms with Crippen LogP contribution in [0, 0.1) is 0 Å². The first-order valence-corrected chi connectivity index (χ1v) is 9.05. The monoisotopic (exact) mass is 321 g/mol. The van der Waals surface area contributed by atoms with Crippen molar-refractivity contribution in [1.82, 2.24) is 24.9 Å². The van der Waals surface area contributed by atoms with Crippen molar-refractivity contribution in [2.24, 2.45) is 0 Å². The van der Waals surface area contributed by atoms with Gasteiger partial charge in [0.2, 0.25) is 10.0 Å². The van der Waals surface area contributed by atoms with Crippen LogP contribution in [0.2, 0.25) is 0 Å². The molecular weight excluding hydrogens is 302 g/mol. The van der Waals surface area contributed by atoms with Gasteiger partial charge < -0.3 is 0 Å². The van der Waals surface area contributed by atoms with E-state index in [1.807, 2.05) is 12.1 Å². The van der Waals surface area contributed by atoms with E-state index < -0.39 is 10.0 Å². The Hall–Kier alpha value is -1.80. The van der Waals surface area contributed by atoms with Crippen LogP contribution in [0.5, 0.6) is 0 Å². The van der Waals surface area contributed by atoms with Gasteiger partial charge in [0.25, 0.3) is 0 Å². The molecule has 0 saturated heterocycles. The summed E-state index contributed by atoms with van der Waals surface area (Å²) in [6, 6.07) is 8.29. The molecule has 1 aromatic heterocycles. The molecule has 0 bridgehead atoms. The summed E-state index contributed by atoms with van der Waals surface area (Å²) in [5.41, 5.74) is 2.61. The highest BCUT2D eigenvalue weighted by Crippen LogP contribution is 2.30. The lowest BCUT2D eigenvalue weighted by atomic mass is 9.83. The van der Waals surface area contributed by atoms with Gasteiger partial charge in [-0.1, -0.05) is 24.3 Å². The molecule has 0 fully saturated rings. The number of fused-ring (bicyclic) bond motifs is 1. The number of benzene rings is 1. The fourth-order valence-corrected chi connectivity index (χ4v) is 3.89. The number of tetrazole rings is 1. The molecule has 1 aliphatic rings. The van der Waals surface area contributed by atoms with Gasteiger partial charge in [0, 0.05) is 6.54 Å². The quantitative estimate of drug-likeness (QED) is 0.846. The van der Waals surface area contributed by atoms with Gasteiger partial charge in [0.05, 0.1) is 12.3 Å². The van der Waals surface area contributed by atoms with Crippen molar-refractivity contribution in [2.75, 3.05) is 12.3 Å². The second-order valence-electron chi connectivity index (χ2n) is 5.53. The molecule has 3 rings (SSSR count). The molecule has 2 aromatic rings. The first kappa shape index (κ1) is 15.1. The summed E-state index contributed by atoms with van der Waals surface area (Å²) < 4.78 is 28.3. The van der Waals surface area contributed by atoms with E-state index >= 15 is 0 Å². The molecule has 0 saturated carbocycles. The number of aromatic nitrogens is 4. The van der Waals surface area contributed by atoms with Gasteiger partial charge in [-0.05, 0) is 46.7 Å². The third kappa shape index (κ3) is 3.69. The number of rotatable bonds is 6. The third-order valence-corrected chi connectivity index (χ3v) is 5.35. The lowest BCUT2D eigenvalue weighted by Crippen LogP contribution is -2.33. The van der Waals surface area contributed by atoms with Crippen LogP contribution in [0.1, 0.15) is 29.9 Å². The first-order chi connectivity index (χ1) is 10.6. The van der Waals surface area contributed by atoms with E-state index in [1.54, 1.807) is 0 Å². The normalized spacial score (nSPS) is 18.1. The van der Waals surface area contributed by atoms with E-state index in [2.05, 4.69) is 32.4 Å². The molecular formula is C14H19N5O2S. The van der Waals surface area contributed by atoms with Crippen LogP contribution >= 0.6 is 0 Å². The Bertz CT molecular complexity index is 715. The minimum Gasteiger partial charge on any atom is -0.231 e. The van der Waals surface area contributed by atoms with Crippen LogP contribution in [0.4, 0.5) is 0 Å². The predicted octanol–water partition coefficient (Wildman–Crippen LogP) is 0.713. The molecule has 118 valence electrons. The van der Waals surface area contributed by atoms with Gasteiger partial charge in [-0.15, -0.1) is 5.10 Å². The summed E-state index contributed by atoms with van der Waals surface area (Å²) in [6.07, 6.45) is 4.62. The van der Waals surface area contributed by atoms with Crippen LogP contribution in [0.3, 0.4) is 0 Å². The number of sulfonamides is 1. The fraction of sp³-hybridized carbons (Fsp3) is 0.500. The zero-order valence-electron chi connectivity index (χ0n) is 12.2. The maximum atomic E-state index is 12.1. The highest BCUT2D eigenvalue weighted by Gasteiger charge is 2.21. The average Bonchev–Trinajstić information content (AvgIpc) is 3.05. The van der Waals surface area contributed by atoms with Crippen LogP contribution < -0.4 is 4.72 Å². The summed E-state index contributed by atoms with van der Waals surface area (Å²) >= 11 is 0. The van der Waals surface area contributed by atoms with Crippen molar-refractivity contribution in [1.29, 1.82) is 0 Å². The van der Waals surface area contributed by atoms with E-state index in [0.29, 0.717) is 6.54 Å². The van der Waals surface area contributed by atoms with Crippen LogP contribution in [0.25, 0.3) is 0 Å². The molecule has 1 unspecified atom stereocenters. The smallest absolute Gasteiger partial charge is 0.213 e. The van der Waals surface area contributed by atoms with Crippen molar-refractivity contribution >= 4 is 10.0 Å². The van der Waals surface area contributed by atoms with Crippen molar-refractivity contribution in [3.05, 3.63) is 41.7 Å². The SMILES string of the molecule is O=S(=O)(CCn1cnnn1)NCC1CCCc2ccccc21. The summed E-state index contributed by atoms with van der Waals surface area (Å²) in [5, 5.41) is 10.6. The Balaban J connectivity index is 1.58. The minimum absolute atomic E-state index is 0.0214. The molecule has 7 nitrogen and oxygen atoms in total. The van der Waals surface area contributed by atoms with Crippen molar-refractivity contribution in [3.8, 4) is 0 Å². The second-order valence-corrected chi connectivity index (χ2v) is 7.45. The molecule has 1 N–H and O–H groups in total. The molecule has 0 amide bonds. The van der Waals surface area contributed by atoms with Gasteiger partial charge in [-0.25, -0.2) is 17.8 Å². The molecule has 1 heterocycles. The summed E-state index contributed by atoms with van der Waals surface area (Å²) in [5.74, 6) is 0.236. The fourth-order valence-electron chi connectivity index (χ4n) is 2.86. The number of nitrogens with one attached hydrogen (secondary N) is 1. The molecule has 1 aromatic carbocycles. The predicted molar refractivity (Wildman–Crippen MR) is 81.7 cm³/mol. The molecule has 1 aliphatic carbocycles. The lowest BCUT2D eigenvalue weighted by Gasteiger charge is -2.25. The summed E-state index contributed by atoms with van der Waals surface area (Å²) in [4.78, 5) is 0. The van der Waals surface area contributed by atoms with Gasteiger partial charge in [-0.2, -0.15) is 0 Å². The van der Waals surface area contributed by atoms with Crippen molar-refractivity contribution < 1.29 is 8.42 Å². The number of aryl methyl sites for hydroxylation is 2. The Morgan fingerprint density at radius 3 is 3.00 bits per heavy atom. The number of hydrogen-bond acceptors (Lipinski definition) is 5. The Labute approximate surface area is 129 Å². The second kappa shape index (κ2) is 6.53. The van der Waals surface area contributed by atoms with E-state index in [4.69, 9.17) is 0 Å². The molecule has 0 radical (unpaired) electrons. The van der Waals surface area contributed by atoms with E-state index in [1.165, 1.54) is 22.1 Å². The maximum Gasteiger partial charge on any atom is 0.213 e. The lowest BCUT2D eigenvalue weighted by molar-refractivity contribution is 0.524. The standard InChI is InChI=1S/C14H19N5O2S/c20-22(21,9-8-19-11-15-17-18-19)16-10-13-6-3-5-12-4-1-2-7-14(12)13/h1-2,4,7,11,13,16H,3,5-6,8-10H2. The molecule has 8 heteroatoms. The third-order valence-electron chi connectivity index (χ3n) is 4.02. The topological polar surface area (TPSA) is 89.8 Å². The van der Waals surface area contributed by atoms with Gasteiger partial charge >= 0.3 is 0 Å². The molecule has 0 aliphatic heterocycles. The highest BCUT2D eigenvalue weighted by molar-refractivity contribution is 7.89. The minimum atomic E-state index is -3.33. The van der Waals surface area contributed by atoms with E-state index in [9.17, 15) is 8.42 Å². The van der Waals surface area contributed by atoms with Gasteiger partial charge in [-0.3, -0.25) is 0 Å². The Morgan fingerprint density at radius 2 is 2.18 bits per heavy atom. The molecule has 22 heavy (non-hydrogen) atoms. The Kier molecular flexibility index (Phi) is 4.49. The molecule has 0 spiro atoms. The van der Waals surface area contributed by atoms with Crippen LogP contribution in [-0.4, -0.2) is 40.9 Å². The van der Waals surface area contributed by atoms with Crippen LogP contribution in [0.15, 0.2) is 30.6 Å². The highest BCUT2D eigenvalue weighted by atomic mass is 32.2. The molecule has 1 atom stereocenters. The van der Waals surface area contributed by atoms with Crippen molar-refractivity contribution in [3.63, 3.8) is 0 Å². The van der Waals surface area contributed by atoms with Crippen molar-refractivity contribution in [2.45, 2.75) is 31.7 Å². The first-order valence-electron chi connectivity index (χ1n) is 7.40. The van der Waals surface area contributed by atoms with Gasteiger partial charge in [0.15, 0.2) is 0 Å².